The largest absolute Gasteiger partial charge is 0.0877 e. The fourth-order valence-electron chi connectivity index (χ4n) is 3.04. The minimum atomic E-state index is 1.32. The molecule has 0 amide bonds. The molecular formula is C20H12S2. The summed E-state index contributed by atoms with van der Waals surface area (Å²) < 4.78 is 0. The average Bonchev–Trinajstić information content (AvgIpc) is 2.60. The first-order valence-corrected chi connectivity index (χ1v) is 8.93. The van der Waals surface area contributed by atoms with Gasteiger partial charge in [-0.05, 0) is 33.7 Å². The molecule has 1 aliphatic rings. The predicted octanol–water partition coefficient (Wildman–Crippen LogP) is 6.61. The zero-order valence-corrected chi connectivity index (χ0v) is 13.4. The maximum atomic E-state index is 2.26. The Morgan fingerprint density at radius 2 is 0.955 bits per heavy atom. The van der Waals surface area contributed by atoms with E-state index in [1.807, 2.05) is 23.5 Å². The maximum absolute atomic E-state index is 2.26. The molecular weight excluding hydrogens is 304 g/mol. The maximum Gasteiger partial charge on any atom is 0.0341 e. The number of hydrogen-bond acceptors (Lipinski definition) is 2. The standard InChI is InChI=1S/C20H12S2/c1-3-7-15-13(5-1)9-11-17-19(15)22-20-16-8-4-2-6-14(16)10-12-18(20)21-17/h1-12H. The molecule has 1 heterocycles. The number of benzene rings is 4. The number of rotatable bonds is 0. The van der Waals surface area contributed by atoms with Gasteiger partial charge in [-0.25, -0.2) is 0 Å². The summed E-state index contributed by atoms with van der Waals surface area (Å²) in [5.41, 5.74) is 0. The first-order valence-electron chi connectivity index (χ1n) is 7.29. The summed E-state index contributed by atoms with van der Waals surface area (Å²) in [6.07, 6.45) is 0. The van der Waals surface area contributed by atoms with Gasteiger partial charge < -0.3 is 0 Å². The van der Waals surface area contributed by atoms with Gasteiger partial charge in [-0.3, -0.25) is 0 Å². The van der Waals surface area contributed by atoms with E-state index < -0.39 is 0 Å². The van der Waals surface area contributed by atoms with Gasteiger partial charge in [0.1, 0.15) is 0 Å². The molecule has 0 saturated heterocycles. The van der Waals surface area contributed by atoms with Crippen LogP contribution >= 0.6 is 23.5 Å². The van der Waals surface area contributed by atoms with Crippen LogP contribution < -0.4 is 0 Å². The van der Waals surface area contributed by atoms with E-state index in [0.717, 1.165) is 0 Å². The van der Waals surface area contributed by atoms with E-state index in [1.165, 1.54) is 41.1 Å². The quantitative estimate of drug-likeness (QED) is 0.315. The van der Waals surface area contributed by atoms with Crippen molar-refractivity contribution in [1.82, 2.24) is 0 Å². The van der Waals surface area contributed by atoms with Crippen LogP contribution in [0.1, 0.15) is 0 Å². The van der Waals surface area contributed by atoms with E-state index >= 15 is 0 Å². The summed E-state index contributed by atoms with van der Waals surface area (Å²) in [6, 6.07) is 26.3. The van der Waals surface area contributed by atoms with Gasteiger partial charge in [0.25, 0.3) is 0 Å². The lowest BCUT2D eigenvalue weighted by Gasteiger charge is -2.21. The highest BCUT2D eigenvalue weighted by molar-refractivity contribution is 8.05. The van der Waals surface area contributed by atoms with Gasteiger partial charge in [-0.1, -0.05) is 84.2 Å². The van der Waals surface area contributed by atoms with Crippen LogP contribution in [0.2, 0.25) is 0 Å². The Morgan fingerprint density at radius 3 is 1.50 bits per heavy atom. The van der Waals surface area contributed by atoms with Gasteiger partial charge in [0.15, 0.2) is 0 Å². The summed E-state index contributed by atoms with van der Waals surface area (Å²) in [5.74, 6) is 0. The lowest BCUT2D eigenvalue weighted by molar-refractivity contribution is 1.21. The average molecular weight is 316 g/mol. The van der Waals surface area contributed by atoms with Crippen molar-refractivity contribution in [2.45, 2.75) is 19.6 Å². The van der Waals surface area contributed by atoms with Gasteiger partial charge in [-0.15, -0.1) is 0 Å². The Hall–Kier alpha value is -1.90. The molecule has 104 valence electrons. The van der Waals surface area contributed by atoms with Gasteiger partial charge >= 0.3 is 0 Å². The first-order chi connectivity index (χ1) is 10.9. The van der Waals surface area contributed by atoms with Crippen molar-refractivity contribution in [3.63, 3.8) is 0 Å². The van der Waals surface area contributed by atoms with E-state index in [1.54, 1.807) is 0 Å². The molecule has 0 aliphatic carbocycles. The Kier molecular flexibility index (Phi) is 2.76. The van der Waals surface area contributed by atoms with Crippen molar-refractivity contribution >= 4 is 45.1 Å². The molecule has 0 bridgehead atoms. The fraction of sp³-hybridized carbons (Fsp3) is 0. The molecule has 2 heteroatoms. The Balaban J connectivity index is 1.80. The van der Waals surface area contributed by atoms with Crippen LogP contribution in [0.4, 0.5) is 0 Å². The molecule has 0 nitrogen and oxygen atoms in total. The molecule has 0 N–H and O–H groups in total. The van der Waals surface area contributed by atoms with Gasteiger partial charge in [0, 0.05) is 19.6 Å². The minimum absolute atomic E-state index is 1.32. The Labute approximate surface area is 137 Å². The van der Waals surface area contributed by atoms with E-state index in [4.69, 9.17) is 0 Å². The van der Waals surface area contributed by atoms with Crippen LogP contribution in [0, 0.1) is 0 Å². The molecule has 0 fully saturated rings. The summed E-state index contributed by atoms with van der Waals surface area (Å²) in [7, 11) is 0. The van der Waals surface area contributed by atoms with Crippen LogP contribution in [0.25, 0.3) is 21.5 Å². The Bertz CT molecular complexity index is 951. The van der Waals surface area contributed by atoms with Crippen LogP contribution in [0.5, 0.6) is 0 Å². The van der Waals surface area contributed by atoms with Crippen molar-refractivity contribution in [2.75, 3.05) is 0 Å². The molecule has 0 unspecified atom stereocenters. The molecule has 0 atom stereocenters. The fourth-order valence-corrected chi connectivity index (χ4v) is 5.59. The van der Waals surface area contributed by atoms with Crippen LogP contribution in [-0.4, -0.2) is 0 Å². The summed E-state index contributed by atoms with van der Waals surface area (Å²) in [5, 5.41) is 5.35. The molecule has 1 aliphatic heterocycles. The van der Waals surface area contributed by atoms with E-state index in [-0.39, 0.29) is 0 Å². The zero-order chi connectivity index (χ0) is 14.5. The molecule has 4 aromatic carbocycles. The van der Waals surface area contributed by atoms with Gasteiger partial charge in [0.2, 0.25) is 0 Å². The molecule has 22 heavy (non-hydrogen) atoms. The van der Waals surface area contributed by atoms with Gasteiger partial charge in [-0.2, -0.15) is 0 Å². The monoisotopic (exact) mass is 316 g/mol. The lowest BCUT2D eigenvalue weighted by Crippen LogP contribution is -1.92. The van der Waals surface area contributed by atoms with Crippen LogP contribution in [-0.2, 0) is 0 Å². The molecule has 0 spiro atoms. The highest BCUT2D eigenvalue weighted by atomic mass is 32.2. The first kappa shape index (κ1) is 12.6. The van der Waals surface area contributed by atoms with E-state index in [0.29, 0.717) is 0 Å². The third-order valence-corrected chi connectivity index (χ3v) is 6.78. The SMILES string of the molecule is c1ccc2c3c(ccc2c1)Sc1ccc2ccccc2c1S3. The molecule has 0 saturated carbocycles. The van der Waals surface area contributed by atoms with Crippen molar-refractivity contribution < 1.29 is 0 Å². The molecule has 5 rings (SSSR count). The molecule has 0 aromatic heterocycles. The highest BCUT2D eigenvalue weighted by Gasteiger charge is 2.20. The summed E-state index contributed by atoms with van der Waals surface area (Å²) in [6.45, 7) is 0. The second-order valence-corrected chi connectivity index (χ2v) is 7.54. The van der Waals surface area contributed by atoms with Crippen LogP contribution in [0.15, 0.2) is 92.4 Å². The number of fused-ring (bicyclic) bond motifs is 6. The highest BCUT2D eigenvalue weighted by Crippen LogP contribution is 2.52. The summed E-state index contributed by atoms with van der Waals surface area (Å²) >= 11 is 3.81. The smallest absolute Gasteiger partial charge is 0.0341 e. The topological polar surface area (TPSA) is 0 Å². The summed E-state index contributed by atoms with van der Waals surface area (Å²) in [4.78, 5) is 5.52. The third-order valence-electron chi connectivity index (χ3n) is 4.11. The second kappa shape index (κ2) is 4.80. The van der Waals surface area contributed by atoms with Crippen molar-refractivity contribution in [2.24, 2.45) is 0 Å². The number of hydrogen-bond donors (Lipinski definition) is 0. The zero-order valence-electron chi connectivity index (χ0n) is 11.7. The molecule has 4 aromatic rings. The van der Waals surface area contributed by atoms with Crippen molar-refractivity contribution in [3.05, 3.63) is 72.8 Å². The minimum Gasteiger partial charge on any atom is -0.0877 e. The van der Waals surface area contributed by atoms with Crippen LogP contribution in [0.3, 0.4) is 0 Å². The molecule has 0 radical (unpaired) electrons. The lowest BCUT2D eigenvalue weighted by atomic mass is 10.1. The third kappa shape index (κ3) is 1.81. The van der Waals surface area contributed by atoms with Crippen molar-refractivity contribution in [1.29, 1.82) is 0 Å². The normalized spacial score (nSPS) is 13.1. The van der Waals surface area contributed by atoms with Gasteiger partial charge in [0.05, 0.1) is 0 Å². The van der Waals surface area contributed by atoms with E-state index in [9.17, 15) is 0 Å². The van der Waals surface area contributed by atoms with Crippen molar-refractivity contribution in [3.8, 4) is 0 Å². The predicted molar refractivity (Wildman–Crippen MR) is 96.1 cm³/mol. The van der Waals surface area contributed by atoms with E-state index in [2.05, 4.69) is 72.8 Å². The Morgan fingerprint density at radius 1 is 0.455 bits per heavy atom. The second-order valence-electron chi connectivity index (χ2n) is 5.43.